The predicted octanol–water partition coefficient (Wildman–Crippen LogP) is 3.35. The van der Waals surface area contributed by atoms with Gasteiger partial charge in [0.1, 0.15) is 11.5 Å². The summed E-state index contributed by atoms with van der Waals surface area (Å²) in [4.78, 5) is 23.9. The average Bonchev–Trinajstić information content (AvgIpc) is 2.75. The first-order valence-electron chi connectivity index (χ1n) is 9.05. The van der Waals surface area contributed by atoms with Crippen molar-refractivity contribution in [3.8, 4) is 11.5 Å². The molecule has 2 amide bonds. The van der Waals surface area contributed by atoms with Gasteiger partial charge in [-0.2, -0.15) is 0 Å². The molecular weight excluding hydrogens is 368 g/mol. The Morgan fingerprint density at radius 3 is 1.79 bits per heavy atom. The van der Waals surface area contributed by atoms with Crippen LogP contribution in [0, 0.1) is 0 Å². The first-order valence-corrected chi connectivity index (χ1v) is 9.05. The highest BCUT2D eigenvalue weighted by atomic mass is 16.5. The topological polar surface area (TPSA) is 76.7 Å². The van der Waals surface area contributed by atoms with E-state index in [4.69, 9.17) is 9.47 Å². The van der Waals surface area contributed by atoms with Crippen LogP contribution in [0.4, 0.5) is 0 Å². The highest BCUT2D eigenvalue weighted by Crippen LogP contribution is 2.08. The molecule has 0 unspecified atom stereocenters. The molecule has 6 heteroatoms. The standard InChI is InChI=1S/C23H24N2O4/c1-3-19(25-23(27)17-29-21-12-8-5-9-13-21)15-14-18(2)24-22(26)16-28-20-10-6-4-7-11-20/h3-15H,2,16-17H2,1H3,(H,24,26)(H,25,27)/b15-14-,19-3+. The SMILES string of the molecule is C=C(/C=C\C(=C/C)NC(=O)COc1ccccc1)NC(=O)COc1ccccc1. The maximum atomic E-state index is 12.0. The number of hydrogen-bond donors (Lipinski definition) is 2. The van der Waals surface area contributed by atoms with E-state index < -0.39 is 0 Å². The summed E-state index contributed by atoms with van der Waals surface area (Å²) in [7, 11) is 0. The van der Waals surface area contributed by atoms with Gasteiger partial charge in [-0.3, -0.25) is 9.59 Å². The highest BCUT2D eigenvalue weighted by molar-refractivity contribution is 5.80. The molecule has 6 nitrogen and oxygen atoms in total. The number of carbonyl (C=O) groups excluding carboxylic acids is 2. The van der Waals surface area contributed by atoms with E-state index in [1.165, 1.54) is 0 Å². The van der Waals surface area contributed by atoms with Gasteiger partial charge >= 0.3 is 0 Å². The number of benzene rings is 2. The fourth-order valence-electron chi connectivity index (χ4n) is 2.19. The second kappa shape index (κ2) is 11.8. The first-order chi connectivity index (χ1) is 14.1. The zero-order chi connectivity index (χ0) is 20.9. The maximum absolute atomic E-state index is 12.0. The number of nitrogens with one attached hydrogen (secondary N) is 2. The lowest BCUT2D eigenvalue weighted by atomic mass is 10.3. The molecule has 0 aliphatic rings. The minimum Gasteiger partial charge on any atom is -0.484 e. The molecule has 0 fully saturated rings. The number of carbonyl (C=O) groups is 2. The van der Waals surface area contributed by atoms with Crippen molar-refractivity contribution in [1.82, 2.24) is 10.6 Å². The summed E-state index contributed by atoms with van der Waals surface area (Å²) in [6.07, 6.45) is 4.96. The van der Waals surface area contributed by atoms with Crippen molar-refractivity contribution in [2.24, 2.45) is 0 Å². The summed E-state index contributed by atoms with van der Waals surface area (Å²) in [5.74, 6) is 0.609. The summed E-state index contributed by atoms with van der Waals surface area (Å²) in [6.45, 7) is 5.33. The minimum absolute atomic E-state index is 0.107. The summed E-state index contributed by atoms with van der Waals surface area (Å²) >= 11 is 0. The molecular formula is C23H24N2O4. The van der Waals surface area contributed by atoms with Gasteiger partial charge in [0.2, 0.25) is 0 Å². The van der Waals surface area contributed by atoms with Gasteiger partial charge in [0.05, 0.1) is 0 Å². The average molecular weight is 392 g/mol. The zero-order valence-electron chi connectivity index (χ0n) is 16.3. The molecule has 2 aromatic rings. The van der Waals surface area contributed by atoms with Crippen molar-refractivity contribution >= 4 is 11.8 Å². The van der Waals surface area contributed by atoms with Crippen LogP contribution < -0.4 is 20.1 Å². The molecule has 0 spiro atoms. The van der Waals surface area contributed by atoms with Gasteiger partial charge in [0.15, 0.2) is 13.2 Å². The van der Waals surface area contributed by atoms with Gasteiger partial charge in [0, 0.05) is 11.4 Å². The monoisotopic (exact) mass is 392 g/mol. The smallest absolute Gasteiger partial charge is 0.262 e. The third-order valence-corrected chi connectivity index (χ3v) is 3.59. The summed E-state index contributed by atoms with van der Waals surface area (Å²) < 4.78 is 10.8. The number of hydrogen-bond acceptors (Lipinski definition) is 4. The zero-order valence-corrected chi connectivity index (χ0v) is 16.3. The van der Waals surface area contributed by atoms with E-state index in [1.807, 2.05) is 36.4 Å². The molecule has 29 heavy (non-hydrogen) atoms. The number of amides is 2. The summed E-state index contributed by atoms with van der Waals surface area (Å²) in [5, 5.41) is 5.34. The van der Waals surface area contributed by atoms with Crippen LogP contribution in [0.1, 0.15) is 6.92 Å². The van der Waals surface area contributed by atoms with Crippen LogP contribution in [-0.4, -0.2) is 25.0 Å². The fraction of sp³-hybridized carbons (Fsp3) is 0.130. The van der Waals surface area contributed by atoms with E-state index in [0.29, 0.717) is 22.9 Å². The lowest BCUT2D eigenvalue weighted by Crippen LogP contribution is -2.28. The number of allylic oxidation sites excluding steroid dienone is 3. The molecule has 2 N–H and O–H groups in total. The van der Waals surface area contributed by atoms with Crippen LogP contribution in [0.3, 0.4) is 0 Å². The molecule has 0 bridgehead atoms. The Bertz CT molecular complexity index is 874. The third-order valence-electron chi connectivity index (χ3n) is 3.59. The second-order valence-electron chi connectivity index (χ2n) is 5.90. The van der Waals surface area contributed by atoms with Gasteiger partial charge in [0.25, 0.3) is 11.8 Å². The Kier molecular flexibility index (Phi) is 8.76. The molecule has 0 aliphatic heterocycles. The van der Waals surface area contributed by atoms with Crippen molar-refractivity contribution in [2.45, 2.75) is 6.92 Å². The van der Waals surface area contributed by atoms with Gasteiger partial charge in [-0.25, -0.2) is 0 Å². The number of rotatable bonds is 10. The Hall–Kier alpha value is -3.80. The lowest BCUT2D eigenvalue weighted by Gasteiger charge is -2.09. The van der Waals surface area contributed by atoms with E-state index in [1.54, 1.807) is 49.4 Å². The Morgan fingerprint density at radius 2 is 1.31 bits per heavy atom. The van der Waals surface area contributed by atoms with Crippen LogP contribution in [0.5, 0.6) is 11.5 Å². The Balaban J connectivity index is 1.73. The summed E-state index contributed by atoms with van der Waals surface area (Å²) in [5.41, 5.74) is 0.934. The lowest BCUT2D eigenvalue weighted by molar-refractivity contribution is -0.123. The molecule has 0 saturated heterocycles. The molecule has 0 radical (unpaired) electrons. The molecule has 0 heterocycles. The van der Waals surface area contributed by atoms with E-state index in [9.17, 15) is 9.59 Å². The summed E-state index contributed by atoms with van der Waals surface area (Å²) in [6, 6.07) is 18.1. The number of ether oxygens (including phenoxy) is 2. The molecule has 0 saturated carbocycles. The molecule has 0 atom stereocenters. The largest absolute Gasteiger partial charge is 0.484 e. The highest BCUT2D eigenvalue weighted by Gasteiger charge is 2.05. The van der Waals surface area contributed by atoms with Crippen LogP contribution in [-0.2, 0) is 9.59 Å². The number of para-hydroxylation sites is 2. The van der Waals surface area contributed by atoms with Crippen LogP contribution in [0.25, 0.3) is 0 Å². The van der Waals surface area contributed by atoms with Crippen LogP contribution in [0.15, 0.2) is 96.9 Å². The van der Waals surface area contributed by atoms with Gasteiger partial charge < -0.3 is 20.1 Å². The minimum atomic E-state index is -0.328. The molecule has 150 valence electrons. The normalized spacial score (nSPS) is 11.0. The van der Waals surface area contributed by atoms with Gasteiger partial charge in [-0.1, -0.05) is 49.1 Å². The van der Waals surface area contributed by atoms with Crippen molar-refractivity contribution in [1.29, 1.82) is 0 Å². The first kappa shape index (κ1) is 21.5. The van der Waals surface area contributed by atoms with Crippen molar-refractivity contribution in [2.75, 3.05) is 13.2 Å². The van der Waals surface area contributed by atoms with Crippen LogP contribution in [0.2, 0.25) is 0 Å². The Morgan fingerprint density at radius 1 is 0.828 bits per heavy atom. The molecule has 0 aliphatic carbocycles. The van der Waals surface area contributed by atoms with Gasteiger partial charge in [-0.05, 0) is 43.3 Å². The van der Waals surface area contributed by atoms with E-state index in [-0.39, 0.29) is 25.0 Å². The van der Waals surface area contributed by atoms with E-state index >= 15 is 0 Å². The fourth-order valence-corrected chi connectivity index (χ4v) is 2.19. The quantitative estimate of drug-likeness (QED) is 0.608. The third kappa shape index (κ3) is 8.62. The van der Waals surface area contributed by atoms with E-state index in [0.717, 1.165) is 0 Å². The Labute approximate surface area is 170 Å². The van der Waals surface area contributed by atoms with E-state index in [2.05, 4.69) is 17.2 Å². The maximum Gasteiger partial charge on any atom is 0.262 e. The van der Waals surface area contributed by atoms with Gasteiger partial charge in [-0.15, -0.1) is 0 Å². The van der Waals surface area contributed by atoms with Crippen molar-refractivity contribution in [3.05, 3.63) is 96.9 Å². The van der Waals surface area contributed by atoms with Crippen molar-refractivity contribution < 1.29 is 19.1 Å². The molecule has 0 aromatic heterocycles. The molecule has 2 rings (SSSR count). The second-order valence-corrected chi connectivity index (χ2v) is 5.90. The predicted molar refractivity (Wildman–Crippen MR) is 112 cm³/mol. The van der Waals surface area contributed by atoms with Crippen molar-refractivity contribution in [3.63, 3.8) is 0 Å². The van der Waals surface area contributed by atoms with Crippen LogP contribution >= 0.6 is 0 Å². The molecule has 2 aromatic carbocycles.